The van der Waals surface area contributed by atoms with Gasteiger partial charge in [0.2, 0.25) is 5.91 Å². The fraction of sp³-hybridized carbons (Fsp3) is 0.514. The summed E-state index contributed by atoms with van der Waals surface area (Å²) in [6.07, 6.45) is 1.33. The molecule has 7 nitrogen and oxygen atoms in total. The van der Waals surface area contributed by atoms with Crippen LogP contribution in [-0.4, -0.2) is 88.6 Å². The van der Waals surface area contributed by atoms with Gasteiger partial charge in [0.05, 0.1) is 12.7 Å². The van der Waals surface area contributed by atoms with Crippen molar-refractivity contribution >= 4 is 51.9 Å². The molecule has 4 aliphatic heterocycles. The Hall–Kier alpha value is -2.59. The van der Waals surface area contributed by atoms with Crippen LogP contribution in [0.2, 0.25) is 10.0 Å². The summed E-state index contributed by atoms with van der Waals surface area (Å²) >= 11 is 14.0. The number of amidine groups is 1. The number of nitrogens with zero attached hydrogens (tertiary/aromatic N) is 5. The number of rotatable bonds is 7. The Morgan fingerprint density at radius 3 is 2.24 bits per heavy atom. The smallest absolute Gasteiger partial charge is 0.263 e. The molecule has 46 heavy (non-hydrogen) atoms. The standard InChI is InChI=1S/C35H42Cl2FN5O2S/c1-20(2)29-30(33(45)42-21(3)7-16-27(42)32(44)41-18-23(17-38)28(19-41)40(5)6)46-34-39-35(4,24-10-14-26(37)15-11-24)31(43(29)34)22-8-12-25(36)13-9-22/h8-15,20-21,23,27-28,31H,7,16-19H2,1-6H3/t21-,23+,27-,28-,31-,35+/m1/s1. The van der Waals surface area contributed by atoms with Crippen LogP contribution in [0.3, 0.4) is 0 Å². The molecule has 0 N–H and O–H groups in total. The molecule has 2 saturated heterocycles. The Balaban J connectivity index is 1.37. The highest BCUT2D eigenvalue weighted by Gasteiger charge is 2.54. The van der Waals surface area contributed by atoms with E-state index in [1.54, 1.807) is 9.80 Å². The second-order valence-electron chi connectivity index (χ2n) is 13.7. The van der Waals surface area contributed by atoms with Crippen molar-refractivity contribution in [2.45, 2.75) is 70.2 Å². The van der Waals surface area contributed by atoms with Gasteiger partial charge in [-0.05, 0) is 93.9 Å². The van der Waals surface area contributed by atoms with Gasteiger partial charge in [-0.1, -0.05) is 61.3 Å². The predicted molar refractivity (Wildman–Crippen MR) is 185 cm³/mol. The number of thioether (sulfide) groups is 1. The second kappa shape index (κ2) is 12.8. The largest absolute Gasteiger partial charge is 0.339 e. The number of hydrogen-bond acceptors (Lipinski definition) is 6. The van der Waals surface area contributed by atoms with Crippen molar-refractivity contribution in [3.8, 4) is 0 Å². The molecule has 11 heteroatoms. The van der Waals surface area contributed by atoms with E-state index in [4.69, 9.17) is 28.2 Å². The van der Waals surface area contributed by atoms with Crippen molar-refractivity contribution in [3.05, 3.63) is 80.3 Å². The average molecular weight is 687 g/mol. The number of hydrogen-bond donors (Lipinski definition) is 0. The minimum atomic E-state index is -0.666. The Morgan fingerprint density at radius 2 is 1.67 bits per heavy atom. The molecule has 2 aromatic carbocycles. The lowest BCUT2D eigenvalue weighted by atomic mass is 9.81. The van der Waals surface area contributed by atoms with E-state index in [0.717, 1.165) is 28.4 Å². The summed E-state index contributed by atoms with van der Waals surface area (Å²) in [7, 11) is 3.85. The third kappa shape index (κ3) is 5.65. The summed E-state index contributed by atoms with van der Waals surface area (Å²) in [5.41, 5.74) is 2.29. The molecule has 6 rings (SSSR count). The Labute approximate surface area is 285 Å². The minimum absolute atomic E-state index is 0.00155. The third-order valence-corrected chi connectivity index (χ3v) is 11.7. The average Bonchev–Trinajstić information content (AvgIpc) is 3.78. The number of allylic oxidation sites excluding steroid dienone is 1. The van der Waals surface area contributed by atoms with Gasteiger partial charge in [-0.3, -0.25) is 14.0 Å². The lowest BCUT2D eigenvalue weighted by molar-refractivity contribution is -0.142. The molecule has 0 bridgehead atoms. The molecule has 0 unspecified atom stereocenters. The molecule has 246 valence electrons. The molecule has 0 radical (unpaired) electrons. The zero-order valence-electron chi connectivity index (χ0n) is 27.2. The van der Waals surface area contributed by atoms with Crippen LogP contribution in [0.4, 0.5) is 4.39 Å². The Kier molecular flexibility index (Phi) is 9.26. The maximum Gasteiger partial charge on any atom is 0.263 e. The molecule has 2 aromatic rings. The number of carbonyl (C=O) groups is 2. The second-order valence-corrected chi connectivity index (χ2v) is 15.5. The molecule has 2 amide bonds. The molecule has 2 fully saturated rings. The van der Waals surface area contributed by atoms with Crippen LogP contribution in [0.5, 0.6) is 0 Å². The first kappa shape index (κ1) is 33.3. The van der Waals surface area contributed by atoms with Crippen LogP contribution in [0.25, 0.3) is 0 Å². The van der Waals surface area contributed by atoms with Gasteiger partial charge in [-0.2, -0.15) is 0 Å². The van der Waals surface area contributed by atoms with Crippen molar-refractivity contribution in [2.75, 3.05) is 33.9 Å². The van der Waals surface area contributed by atoms with Gasteiger partial charge in [-0.15, -0.1) is 0 Å². The number of likely N-dealkylation sites (N-methyl/N-ethyl adjacent to an activating group) is 1. The van der Waals surface area contributed by atoms with Gasteiger partial charge in [0.1, 0.15) is 16.5 Å². The van der Waals surface area contributed by atoms with Crippen molar-refractivity contribution < 1.29 is 14.0 Å². The summed E-state index contributed by atoms with van der Waals surface area (Å²) in [6.45, 7) is 8.71. The molecule has 4 heterocycles. The molecule has 0 aliphatic carbocycles. The number of carbonyl (C=O) groups excluding carboxylic acids is 2. The molecule has 6 atom stereocenters. The van der Waals surface area contributed by atoms with Crippen LogP contribution in [-0.2, 0) is 15.1 Å². The first-order valence-corrected chi connectivity index (χ1v) is 17.6. The van der Waals surface area contributed by atoms with Crippen LogP contribution < -0.4 is 0 Å². The van der Waals surface area contributed by atoms with E-state index in [2.05, 4.69) is 25.7 Å². The number of alkyl halides is 1. The van der Waals surface area contributed by atoms with E-state index in [9.17, 15) is 14.0 Å². The van der Waals surface area contributed by atoms with Crippen LogP contribution in [0, 0.1) is 11.8 Å². The molecular weight excluding hydrogens is 644 g/mol. The minimum Gasteiger partial charge on any atom is -0.339 e. The quantitative estimate of drug-likeness (QED) is 0.315. The zero-order valence-corrected chi connectivity index (χ0v) is 29.5. The van der Waals surface area contributed by atoms with Crippen molar-refractivity contribution in [1.29, 1.82) is 0 Å². The maximum absolute atomic E-state index is 14.7. The number of halogens is 3. The van der Waals surface area contributed by atoms with E-state index < -0.39 is 18.3 Å². The van der Waals surface area contributed by atoms with E-state index in [1.807, 2.05) is 74.4 Å². The van der Waals surface area contributed by atoms with Gasteiger partial charge >= 0.3 is 0 Å². The summed E-state index contributed by atoms with van der Waals surface area (Å²) in [5.74, 6) is -0.448. The number of aliphatic imine (C=N–C) groups is 1. The molecule has 0 spiro atoms. The van der Waals surface area contributed by atoms with Gasteiger partial charge in [0.15, 0.2) is 5.17 Å². The van der Waals surface area contributed by atoms with Crippen molar-refractivity contribution in [2.24, 2.45) is 16.8 Å². The van der Waals surface area contributed by atoms with Gasteiger partial charge in [0.25, 0.3) is 5.91 Å². The van der Waals surface area contributed by atoms with Crippen molar-refractivity contribution in [3.63, 3.8) is 0 Å². The lowest BCUT2D eigenvalue weighted by Crippen LogP contribution is -2.50. The van der Waals surface area contributed by atoms with Crippen LogP contribution in [0.15, 0.2) is 64.1 Å². The third-order valence-electron chi connectivity index (χ3n) is 10.1. The first-order chi connectivity index (χ1) is 21.8. The number of amides is 2. The maximum atomic E-state index is 14.7. The van der Waals surface area contributed by atoms with Crippen molar-refractivity contribution in [1.82, 2.24) is 19.6 Å². The van der Waals surface area contributed by atoms with Gasteiger partial charge < -0.3 is 19.6 Å². The molecule has 4 aliphatic rings. The van der Waals surface area contributed by atoms with E-state index >= 15 is 0 Å². The lowest BCUT2D eigenvalue weighted by Gasteiger charge is -2.37. The van der Waals surface area contributed by atoms with E-state index in [1.165, 1.54) is 11.8 Å². The zero-order chi connectivity index (χ0) is 33.1. The predicted octanol–water partition coefficient (Wildman–Crippen LogP) is 6.97. The first-order valence-electron chi connectivity index (χ1n) is 16.0. The van der Waals surface area contributed by atoms with Crippen LogP contribution >= 0.6 is 35.0 Å². The summed E-state index contributed by atoms with van der Waals surface area (Å²) in [5, 5.41) is 2.06. The summed E-state index contributed by atoms with van der Waals surface area (Å²) < 4.78 is 13.9. The monoisotopic (exact) mass is 685 g/mol. The Bertz CT molecular complexity index is 1570. The fourth-order valence-electron chi connectivity index (χ4n) is 7.73. The van der Waals surface area contributed by atoms with Gasteiger partial charge in [-0.25, -0.2) is 4.99 Å². The van der Waals surface area contributed by atoms with E-state index in [0.29, 0.717) is 34.5 Å². The summed E-state index contributed by atoms with van der Waals surface area (Å²) in [6, 6.07) is 14.7. The number of benzene rings is 2. The SMILES string of the molecule is CC(C)C1=C(C(=O)N2[C@H](C)CC[C@@H]2C(=O)N2C[C@H](CF)[C@H](N(C)C)C2)SC2=N[C@@](C)(c3ccc(Cl)cc3)[C@@H](c3ccc(Cl)cc3)N21. The topological polar surface area (TPSA) is 59.5 Å². The molecule has 0 saturated carbocycles. The van der Waals surface area contributed by atoms with Crippen LogP contribution in [0.1, 0.15) is 57.7 Å². The highest BCUT2D eigenvalue weighted by Crippen LogP contribution is 2.56. The number of likely N-dealkylation sites (tertiary alicyclic amines) is 2. The highest BCUT2D eigenvalue weighted by molar-refractivity contribution is 8.18. The fourth-order valence-corrected chi connectivity index (χ4v) is 9.34. The van der Waals surface area contributed by atoms with Gasteiger partial charge in [0, 0.05) is 46.8 Å². The normalized spacial score (nSPS) is 29.4. The molecule has 0 aromatic heterocycles. The summed E-state index contributed by atoms with van der Waals surface area (Å²) in [4.78, 5) is 42.4. The molecular formula is C35H42Cl2FN5O2S. The Morgan fingerprint density at radius 1 is 1.04 bits per heavy atom. The van der Waals surface area contributed by atoms with E-state index in [-0.39, 0.29) is 41.8 Å². The number of fused-ring (bicyclic) bond motifs is 1. The highest BCUT2D eigenvalue weighted by atomic mass is 35.5.